The average Bonchev–Trinajstić information content (AvgIpc) is 2.32. The molecule has 0 aliphatic carbocycles. The highest BCUT2D eigenvalue weighted by molar-refractivity contribution is 6.30. The van der Waals surface area contributed by atoms with E-state index in [1.54, 1.807) is 24.4 Å². The Balaban J connectivity index is 2.34. The molecular formula is C12H9ClN4. The quantitative estimate of drug-likeness (QED) is 0.852. The minimum atomic E-state index is 0.214. The zero-order valence-corrected chi connectivity index (χ0v) is 9.57. The topological polar surface area (TPSA) is 74.7 Å². The van der Waals surface area contributed by atoms with Crippen LogP contribution in [0.25, 0.3) is 0 Å². The lowest BCUT2D eigenvalue weighted by Crippen LogP contribution is -1.99. The standard InChI is InChI=1S/C12H9ClN4/c13-8-1-3-9(4-2-8)17-11-5-6-16-12(15)10(11)7-14/h1-6H,(H3,15,16,17). The lowest BCUT2D eigenvalue weighted by atomic mass is 10.2. The monoisotopic (exact) mass is 244 g/mol. The molecule has 0 bridgehead atoms. The molecule has 1 aromatic carbocycles. The van der Waals surface area contributed by atoms with E-state index in [2.05, 4.69) is 10.3 Å². The van der Waals surface area contributed by atoms with E-state index in [1.165, 1.54) is 0 Å². The Morgan fingerprint density at radius 2 is 1.94 bits per heavy atom. The number of nitrogen functional groups attached to an aromatic ring is 1. The Morgan fingerprint density at radius 3 is 2.59 bits per heavy atom. The summed E-state index contributed by atoms with van der Waals surface area (Å²) >= 11 is 5.79. The van der Waals surface area contributed by atoms with Crippen LogP contribution in [0.1, 0.15) is 5.56 Å². The van der Waals surface area contributed by atoms with Crippen molar-refractivity contribution in [3.05, 3.63) is 47.1 Å². The molecule has 0 fully saturated rings. The molecule has 5 heteroatoms. The molecule has 0 saturated carbocycles. The molecule has 0 amide bonds. The second-order valence-electron chi connectivity index (χ2n) is 3.36. The van der Waals surface area contributed by atoms with Gasteiger partial charge in [-0.2, -0.15) is 5.26 Å². The Labute approximate surface area is 104 Å². The number of hydrogen-bond donors (Lipinski definition) is 2. The van der Waals surface area contributed by atoms with Gasteiger partial charge < -0.3 is 11.1 Å². The maximum atomic E-state index is 8.99. The normalized spacial score (nSPS) is 9.65. The molecule has 3 N–H and O–H groups in total. The number of benzene rings is 1. The number of pyridine rings is 1. The van der Waals surface area contributed by atoms with Crippen molar-refractivity contribution in [3.63, 3.8) is 0 Å². The highest BCUT2D eigenvalue weighted by Gasteiger charge is 2.06. The van der Waals surface area contributed by atoms with Crippen LogP contribution in [0.5, 0.6) is 0 Å². The highest BCUT2D eigenvalue weighted by atomic mass is 35.5. The third kappa shape index (κ3) is 2.47. The molecule has 1 aromatic heterocycles. The first kappa shape index (κ1) is 11.2. The van der Waals surface area contributed by atoms with Crippen LogP contribution in [0, 0.1) is 11.3 Å². The van der Waals surface area contributed by atoms with Gasteiger partial charge in [0, 0.05) is 16.9 Å². The van der Waals surface area contributed by atoms with Gasteiger partial charge in [-0.1, -0.05) is 11.6 Å². The molecule has 0 spiro atoms. The predicted molar refractivity (Wildman–Crippen MR) is 68.1 cm³/mol. The molecule has 84 valence electrons. The van der Waals surface area contributed by atoms with Crippen molar-refractivity contribution in [2.75, 3.05) is 11.1 Å². The average molecular weight is 245 g/mol. The summed E-state index contributed by atoms with van der Waals surface area (Å²) in [5.41, 5.74) is 7.41. The van der Waals surface area contributed by atoms with Crippen LogP contribution >= 0.6 is 11.6 Å². The molecule has 17 heavy (non-hydrogen) atoms. The summed E-state index contributed by atoms with van der Waals surface area (Å²) in [5, 5.41) is 12.7. The smallest absolute Gasteiger partial charge is 0.143 e. The maximum Gasteiger partial charge on any atom is 0.143 e. The van der Waals surface area contributed by atoms with Gasteiger partial charge in [-0.3, -0.25) is 0 Å². The van der Waals surface area contributed by atoms with Gasteiger partial charge >= 0.3 is 0 Å². The van der Waals surface area contributed by atoms with E-state index >= 15 is 0 Å². The van der Waals surface area contributed by atoms with Gasteiger partial charge in [0.1, 0.15) is 17.5 Å². The summed E-state index contributed by atoms with van der Waals surface area (Å²) in [7, 11) is 0. The van der Waals surface area contributed by atoms with Crippen LogP contribution in [0.2, 0.25) is 5.02 Å². The summed E-state index contributed by atoms with van der Waals surface area (Å²) in [6.45, 7) is 0. The Kier molecular flexibility index (Phi) is 3.12. The minimum Gasteiger partial charge on any atom is -0.383 e. The summed E-state index contributed by atoms with van der Waals surface area (Å²) in [6.07, 6.45) is 1.55. The summed E-state index contributed by atoms with van der Waals surface area (Å²) in [5.74, 6) is 0.214. The van der Waals surface area contributed by atoms with Crippen LogP contribution in [-0.4, -0.2) is 4.98 Å². The number of nitrogens with two attached hydrogens (primary N) is 1. The lowest BCUT2D eigenvalue weighted by Gasteiger charge is -2.08. The van der Waals surface area contributed by atoms with Crippen LogP contribution in [-0.2, 0) is 0 Å². The second kappa shape index (κ2) is 4.73. The predicted octanol–water partition coefficient (Wildman–Crippen LogP) is 2.93. The zero-order valence-electron chi connectivity index (χ0n) is 8.81. The van der Waals surface area contributed by atoms with Gasteiger partial charge in [0.2, 0.25) is 0 Å². The third-order valence-electron chi connectivity index (χ3n) is 2.22. The zero-order chi connectivity index (χ0) is 12.3. The molecular weight excluding hydrogens is 236 g/mol. The van der Waals surface area contributed by atoms with E-state index in [4.69, 9.17) is 22.6 Å². The van der Waals surface area contributed by atoms with E-state index in [0.717, 1.165) is 5.69 Å². The first-order chi connectivity index (χ1) is 8.20. The van der Waals surface area contributed by atoms with Gasteiger partial charge in [0.05, 0.1) is 5.69 Å². The van der Waals surface area contributed by atoms with E-state index in [-0.39, 0.29) is 5.82 Å². The molecule has 0 unspecified atom stereocenters. The number of nitrogens with one attached hydrogen (secondary N) is 1. The van der Waals surface area contributed by atoms with Crippen LogP contribution in [0.15, 0.2) is 36.5 Å². The summed E-state index contributed by atoms with van der Waals surface area (Å²) < 4.78 is 0. The maximum absolute atomic E-state index is 8.99. The molecule has 4 nitrogen and oxygen atoms in total. The fourth-order valence-electron chi connectivity index (χ4n) is 1.39. The second-order valence-corrected chi connectivity index (χ2v) is 3.80. The molecule has 0 atom stereocenters. The number of rotatable bonds is 2. The molecule has 2 aromatic rings. The number of hydrogen-bond acceptors (Lipinski definition) is 4. The Morgan fingerprint density at radius 1 is 1.24 bits per heavy atom. The number of nitrogens with zero attached hydrogens (tertiary/aromatic N) is 2. The first-order valence-electron chi connectivity index (χ1n) is 4.88. The summed E-state index contributed by atoms with van der Waals surface area (Å²) in [6, 6.07) is 10.9. The molecule has 0 aliphatic rings. The van der Waals surface area contributed by atoms with Crippen LogP contribution < -0.4 is 11.1 Å². The van der Waals surface area contributed by atoms with Crippen molar-refractivity contribution in [3.8, 4) is 6.07 Å². The number of nitriles is 1. The number of halogens is 1. The molecule has 2 rings (SSSR count). The fraction of sp³-hybridized carbons (Fsp3) is 0. The molecule has 1 heterocycles. The van der Waals surface area contributed by atoms with Crippen molar-refractivity contribution in [1.82, 2.24) is 4.98 Å². The largest absolute Gasteiger partial charge is 0.383 e. The van der Waals surface area contributed by atoms with Gasteiger partial charge in [-0.05, 0) is 30.3 Å². The first-order valence-corrected chi connectivity index (χ1v) is 5.25. The van der Waals surface area contributed by atoms with Gasteiger partial charge in [-0.25, -0.2) is 4.98 Å². The lowest BCUT2D eigenvalue weighted by molar-refractivity contribution is 1.31. The van der Waals surface area contributed by atoms with Gasteiger partial charge in [0.15, 0.2) is 0 Å². The van der Waals surface area contributed by atoms with Gasteiger partial charge in [0.25, 0.3) is 0 Å². The fourth-order valence-corrected chi connectivity index (χ4v) is 1.51. The van der Waals surface area contributed by atoms with Crippen molar-refractivity contribution < 1.29 is 0 Å². The van der Waals surface area contributed by atoms with Crippen LogP contribution in [0.4, 0.5) is 17.2 Å². The van der Waals surface area contributed by atoms with Crippen molar-refractivity contribution in [2.45, 2.75) is 0 Å². The molecule has 0 saturated heterocycles. The Hall–Kier alpha value is -2.25. The number of anilines is 3. The molecule has 0 radical (unpaired) electrons. The van der Waals surface area contributed by atoms with Gasteiger partial charge in [-0.15, -0.1) is 0 Å². The van der Waals surface area contributed by atoms with E-state index < -0.39 is 0 Å². The number of aromatic nitrogens is 1. The SMILES string of the molecule is N#Cc1c(Nc2ccc(Cl)cc2)ccnc1N. The Bertz CT molecular complexity index is 572. The highest BCUT2D eigenvalue weighted by Crippen LogP contribution is 2.23. The van der Waals surface area contributed by atoms with Crippen molar-refractivity contribution >= 4 is 28.8 Å². The van der Waals surface area contributed by atoms with Crippen molar-refractivity contribution in [2.24, 2.45) is 0 Å². The van der Waals surface area contributed by atoms with E-state index in [0.29, 0.717) is 16.3 Å². The third-order valence-corrected chi connectivity index (χ3v) is 2.47. The van der Waals surface area contributed by atoms with Crippen LogP contribution in [0.3, 0.4) is 0 Å². The summed E-state index contributed by atoms with van der Waals surface area (Å²) in [4.78, 5) is 3.86. The minimum absolute atomic E-state index is 0.214. The van der Waals surface area contributed by atoms with E-state index in [1.807, 2.05) is 18.2 Å². The van der Waals surface area contributed by atoms with E-state index in [9.17, 15) is 0 Å². The van der Waals surface area contributed by atoms with Crippen molar-refractivity contribution in [1.29, 1.82) is 5.26 Å². The molecule has 0 aliphatic heterocycles.